The monoisotopic (exact) mass is 238 g/mol. The van der Waals surface area contributed by atoms with E-state index in [1.807, 2.05) is 0 Å². The summed E-state index contributed by atoms with van der Waals surface area (Å²) >= 11 is 0. The zero-order valence-corrected chi connectivity index (χ0v) is 10.6. The maximum Gasteiger partial charge on any atom is 0.146 e. The van der Waals surface area contributed by atoms with Crippen molar-refractivity contribution in [2.75, 3.05) is 13.7 Å². The Hall–Kier alpha value is -0.940. The Morgan fingerprint density at radius 2 is 2.06 bits per heavy atom. The molecule has 1 heterocycles. The SMILES string of the molecule is COCCn1c(CN)nnc1C1CCCCC1. The van der Waals surface area contributed by atoms with Crippen LogP contribution in [0.2, 0.25) is 0 Å². The summed E-state index contributed by atoms with van der Waals surface area (Å²) in [5, 5.41) is 8.54. The van der Waals surface area contributed by atoms with E-state index < -0.39 is 0 Å². The van der Waals surface area contributed by atoms with Gasteiger partial charge in [0.25, 0.3) is 0 Å². The molecule has 0 radical (unpaired) electrons. The molecule has 17 heavy (non-hydrogen) atoms. The molecule has 5 nitrogen and oxygen atoms in total. The lowest BCUT2D eigenvalue weighted by molar-refractivity contribution is 0.184. The van der Waals surface area contributed by atoms with E-state index in [0.29, 0.717) is 19.1 Å². The largest absolute Gasteiger partial charge is 0.383 e. The maximum absolute atomic E-state index is 5.70. The molecule has 0 aliphatic heterocycles. The molecule has 1 aromatic heterocycles. The van der Waals surface area contributed by atoms with Crippen molar-refractivity contribution in [3.63, 3.8) is 0 Å². The molecule has 0 spiro atoms. The Morgan fingerprint density at radius 1 is 1.29 bits per heavy atom. The molecule has 2 N–H and O–H groups in total. The van der Waals surface area contributed by atoms with Gasteiger partial charge in [0.15, 0.2) is 0 Å². The quantitative estimate of drug-likeness (QED) is 0.842. The van der Waals surface area contributed by atoms with Gasteiger partial charge in [0, 0.05) is 19.6 Å². The van der Waals surface area contributed by atoms with Gasteiger partial charge in [-0.3, -0.25) is 0 Å². The van der Waals surface area contributed by atoms with Crippen molar-refractivity contribution in [1.29, 1.82) is 0 Å². The molecule has 0 atom stereocenters. The van der Waals surface area contributed by atoms with Crippen LogP contribution < -0.4 is 5.73 Å². The highest BCUT2D eigenvalue weighted by molar-refractivity contribution is 5.03. The lowest BCUT2D eigenvalue weighted by Gasteiger charge is -2.21. The van der Waals surface area contributed by atoms with Gasteiger partial charge in [-0.1, -0.05) is 19.3 Å². The van der Waals surface area contributed by atoms with Crippen LogP contribution >= 0.6 is 0 Å². The van der Waals surface area contributed by atoms with E-state index in [9.17, 15) is 0 Å². The number of nitrogens with zero attached hydrogens (tertiary/aromatic N) is 3. The second kappa shape index (κ2) is 6.12. The van der Waals surface area contributed by atoms with E-state index >= 15 is 0 Å². The fourth-order valence-corrected chi connectivity index (χ4v) is 2.59. The van der Waals surface area contributed by atoms with Crippen LogP contribution in [-0.4, -0.2) is 28.5 Å². The zero-order chi connectivity index (χ0) is 12.1. The smallest absolute Gasteiger partial charge is 0.146 e. The Balaban J connectivity index is 2.16. The third kappa shape index (κ3) is 2.84. The summed E-state index contributed by atoms with van der Waals surface area (Å²) in [7, 11) is 1.72. The lowest BCUT2D eigenvalue weighted by Crippen LogP contribution is -2.17. The van der Waals surface area contributed by atoms with Crippen LogP contribution in [0, 0.1) is 0 Å². The van der Waals surface area contributed by atoms with E-state index in [0.717, 1.165) is 18.2 Å². The van der Waals surface area contributed by atoms with Gasteiger partial charge in [0.1, 0.15) is 11.6 Å². The number of hydrogen-bond acceptors (Lipinski definition) is 4. The van der Waals surface area contributed by atoms with Crippen molar-refractivity contribution in [2.24, 2.45) is 5.73 Å². The van der Waals surface area contributed by atoms with E-state index in [2.05, 4.69) is 14.8 Å². The minimum Gasteiger partial charge on any atom is -0.383 e. The standard InChI is InChI=1S/C12H22N4O/c1-17-8-7-16-11(9-13)14-15-12(16)10-5-3-2-4-6-10/h10H,2-9,13H2,1H3. The van der Waals surface area contributed by atoms with Gasteiger partial charge in [0.2, 0.25) is 0 Å². The Kier molecular flexibility index (Phi) is 4.50. The van der Waals surface area contributed by atoms with Crippen LogP contribution in [0.1, 0.15) is 49.7 Å². The molecule has 0 amide bonds. The van der Waals surface area contributed by atoms with Gasteiger partial charge < -0.3 is 15.0 Å². The summed E-state index contributed by atoms with van der Waals surface area (Å²) in [6.45, 7) is 1.94. The molecule has 1 aliphatic rings. The summed E-state index contributed by atoms with van der Waals surface area (Å²) in [6, 6.07) is 0. The number of nitrogens with two attached hydrogens (primary N) is 1. The molecule has 0 aromatic carbocycles. The van der Waals surface area contributed by atoms with E-state index in [-0.39, 0.29) is 0 Å². The first-order valence-electron chi connectivity index (χ1n) is 6.47. The predicted molar refractivity (Wildman–Crippen MR) is 65.6 cm³/mol. The van der Waals surface area contributed by atoms with Gasteiger partial charge in [-0.2, -0.15) is 0 Å². The number of rotatable bonds is 5. The molecular weight excluding hydrogens is 216 g/mol. The molecule has 0 unspecified atom stereocenters. The van der Waals surface area contributed by atoms with Crippen molar-refractivity contribution in [3.05, 3.63) is 11.6 Å². The molecule has 2 rings (SSSR count). The maximum atomic E-state index is 5.70. The minimum absolute atomic E-state index is 0.448. The lowest BCUT2D eigenvalue weighted by atomic mass is 9.88. The van der Waals surface area contributed by atoms with Gasteiger partial charge in [-0.25, -0.2) is 0 Å². The fourth-order valence-electron chi connectivity index (χ4n) is 2.59. The first-order valence-corrected chi connectivity index (χ1v) is 6.47. The highest BCUT2D eigenvalue weighted by Crippen LogP contribution is 2.31. The summed E-state index contributed by atoms with van der Waals surface area (Å²) in [5.41, 5.74) is 5.70. The van der Waals surface area contributed by atoms with Crippen LogP contribution in [0.3, 0.4) is 0 Å². The first-order chi connectivity index (χ1) is 8.36. The van der Waals surface area contributed by atoms with Crippen molar-refractivity contribution in [3.8, 4) is 0 Å². The van der Waals surface area contributed by atoms with Gasteiger partial charge >= 0.3 is 0 Å². The highest BCUT2D eigenvalue weighted by Gasteiger charge is 2.22. The first kappa shape index (κ1) is 12.5. The Labute approximate surface area is 102 Å². The van der Waals surface area contributed by atoms with E-state index in [1.165, 1.54) is 32.1 Å². The molecule has 1 aromatic rings. The van der Waals surface area contributed by atoms with Crippen LogP contribution in [0.5, 0.6) is 0 Å². The van der Waals surface area contributed by atoms with E-state index in [4.69, 9.17) is 10.5 Å². The molecule has 0 saturated heterocycles. The Morgan fingerprint density at radius 3 is 2.71 bits per heavy atom. The zero-order valence-electron chi connectivity index (χ0n) is 10.6. The van der Waals surface area contributed by atoms with Crippen LogP contribution in [-0.2, 0) is 17.8 Å². The average Bonchev–Trinajstić information content (AvgIpc) is 2.80. The van der Waals surface area contributed by atoms with Crippen molar-refractivity contribution < 1.29 is 4.74 Å². The van der Waals surface area contributed by atoms with Crippen molar-refractivity contribution >= 4 is 0 Å². The number of methoxy groups -OCH3 is 1. The molecule has 1 fully saturated rings. The summed E-state index contributed by atoms with van der Waals surface area (Å²) < 4.78 is 7.29. The predicted octanol–water partition coefficient (Wildman–Crippen LogP) is 1.43. The molecule has 5 heteroatoms. The van der Waals surface area contributed by atoms with Crippen molar-refractivity contribution in [1.82, 2.24) is 14.8 Å². The normalized spacial score (nSPS) is 17.5. The molecule has 96 valence electrons. The highest BCUT2D eigenvalue weighted by atomic mass is 16.5. The van der Waals surface area contributed by atoms with Crippen molar-refractivity contribution in [2.45, 2.75) is 51.1 Å². The summed E-state index contributed by atoms with van der Waals surface area (Å²) in [4.78, 5) is 0. The molecular formula is C12H22N4O. The van der Waals surface area contributed by atoms with E-state index in [1.54, 1.807) is 7.11 Å². The van der Waals surface area contributed by atoms with Crippen LogP contribution in [0.25, 0.3) is 0 Å². The topological polar surface area (TPSA) is 66.0 Å². The molecule has 1 aliphatic carbocycles. The third-order valence-electron chi connectivity index (χ3n) is 3.53. The minimum atomic E-state index is 0.448. The second-order valence-electron chi connectivity index (χ2n) is 4.66. The second-order valence-corrected chi connectivity index (χ2v) is 4.66. The number of hydrogen-bond donors (Lipinski definition) is 1. The van der Waals surface area contributed by atoms with Crippen LogP contribution in [0.15, 0.2) is 0 Å². The van der Waals surface area contributed by atoms with Gasteiger partial charge in [0.05, 0.1) is 13.2 Å². The summed E-state index contributed by atoms with van der Waals surface area (Å²) in [6.07, 6.45) is 6.43. The molecule has 0 bridgehead atoms. The molecule has 1 saturated carbocycles. The van der Waals surface area contributed by atoms with Crippen LogP contribution in [0.4, 0.5) is 0 Å². The van der Waals surface area contributed by atoms with Gasteiger partial charge in [-0.15, -0.1) is 10.2 Å². The summed E-state index contributed by atoms with van der Waals surface area (Å²) in [5.74, 6) is 2.55. The average molecular weight is 238 g/mol. The number of aromatic nitrogens is 3. The number of ether oxygens (including phenoxy) is 1. The third-order valence-corrected chi connectivity index (χ3v) is 3.53. The van der Waals surface area contributed by atoms with Gasteiger partial charge in [-0.05, 0) is 12.8 Å². The Bertz CT molecular complexity index is 344. The fraction of sp³-hybridized carbons (Fsp3) is 0.833.